The predicted molar refractivity (Wildman–Crippen MR) is 332 cm³/mol. The van der Waals surface area contributed by atoms with Crippen molar-refractivity contribution in [3.8, 4) is 0 Å². The molecular formula is C69H54B2N5OP. The lowest BCUT2D eigenvalue weighted by Crippen LogP contribution is -2.66. The number of nitrogens with zero attached hydrogens (tertiary/aromatic N) is 5. The number of rotatable bonds is 5. The van der Waals surface area contributed by atoms with E-state index >= 15 is 4.57 Å². The molecule has 0 bridgehead atoms. The fourth-order valence-corrected chi connectivity index (χ4v) is 18.5. The molecule has 1 atom stereocenters. The van der Waals surface area contributed by atoms with E-state index in [9.17, 15) is 0 Å². The number of para-hydroxylation sites is 9. The first-order valence-electron chi connectivity index (χ1n) is 28.0. The average Bonchev–Trinajstić information content (AvgIpc) is 0.995. The summed E-state index contributed by atoms with van der Waals surface area (Å²) in [5.74, 6) is 0.970. The molecule has 0 aliphatic carbocycles. The van der Waals surface area contributed by atoms with Crippen LogP contribution in [0.3, 0.4) is 0 Å². The maximum Gasteiger partial charge on any atom is 0.252 e. The third-order valence-electron chi connectivity index (χ3n) is 18.3. The van der Waals surface area contributed by atoms with Gasteiger partial charge in [-0.3, -0.25) is 0 Å². The van der Waals surface area contributed by atoms with Crippen molar-refractivity contribution in [2.24, 2.45) is 0 Å². The zero-order valence-electron chi connectivity index (χ0n) is 44.5. The third-order valence-corrected chi connectivity index (χ3v) is 21.5. The molecule has 0 saturated heterocycles. The van der Waals surface area contributed by atoms with Crippen LogP contribution in [0.4, 0.5) is 85.3 Å². The minimum absolute atomic E-state index is 0.0740. The Morgan fingerprint density at radius 1 is 0.333 bits per heavy atom. The molecule has 0 aromatic heterocycles. The fraction of sp³-hybridized carbons (Fsp3) is 0.130. The molecule has 0 N–H and O–H groups in total. The van der Waals surface area contributed by atoms with Crippen LogP contribution in [0.15, 0.2) is 200 Å². The van der Waals surface area contributed by atoms with Crippen molar-refractivity contribution in [1.82, 2.24) is 0 Å². The molecule has 7 aliphatic heterocycles. The van der Waals surface area contributed by atoms with E-state index in [1.807, 2.05) is 0 Å². The van der Waals surface area contributed by atoms with Gasteiger partial charge in [-0.05, 0) is 141 Å². The van der Waals surface area contributed by atoms with Gasteiger partial charge in [-0.15, -0.1) is 0 Å². The van der Waals surface area contributed by atoms with Crippen molar-refractivity contribution in [3.05, 3.63) is 217 Å². The molecule has 78 heavy (non-hydrogen) atoms. The third kappa shape index (κ3) is 5.39. The van der Waals surface area contributed by atoms with Crippen molar-refractivity contribution in [2.45, 2.75) is 59.3 Å². The molecule has 17 rings (SSSR count). The number of hydrogen-bond donors (Lipinski definition) is 0. The average molecular weight is 1020 g/mol. The van der Waals surface area contributed by atoms with E-state index in [2.05, 4.69) is 266 Å². The van der Waals surface area contributed by atoms with Gasteiger partial charge in [0.05, 0.1) is 62.2 Å². The molecule has 10 aromatic rings. The minimum Gasteiger partial charge on any atom is -0.311 e. The second kappa shape index (κ2) is 15.6. The van der Waals surface area contributed by atoms with Gasteiger partial charge >= 0.3 is 0 Å². The van der Waals surface area contributed by atoms with E-state index in [1.165, 1.54) is 60.8 Å². The SMILES string of the molecule is CC(C)c1cc(C(C)C)c(B2c3ccccc3N(c3ccccc3)c3cc4c(cc32)B2c3ccccc3N3c5ccccc5P5(=O)c6ccccc6N6c7ccccc7N7c8ccccc8N4c4c2c3c5c6c47)c(C(C)C)c1. The molecule has 0 radical (unpaired) electrons. The molecule has 9 heteroatoms. The summed E-state index contributed by atoms with van der Waals surface area (Å²) in [5, 5.41) is 2.71. The highest BCUT2D eigenvalue weighted by Crippen LogP contribution is 2.71. The van der Waals surface area contributed by atoms with Gasteiger partial charge in [0.1, 0.15) is 0 Å². The van der Waals surface area contributed by atoms with Crippen molar-refractivity contribution < 1.29 is 4.57 Å². The van der Waals surface area contributed by atoms with Gasteiger partial charge in [0.15, 0.2) is 7.14 Å². The van der Waals surface area contributed by atoms with Gasteiger partial charge in [-0.25, -0.2) is 0 Å². The van der Waals surface area contributed by atoms with Crippen LogP contribution in [0.25, 0.3) is 0 Å². The van der Waals surface area contributed by atoms with E-state index in [0.29, 0.717) is 5.92 Å². The topological polar surface area (TPSA) is 33.3 Å². The highest BCUT2D eigenvalue weighted by molar-refractivity contribution is 7.86. The van der Waals surface area contributed by atoms with E-state index in [-0.39, 0.29) is 25.3 Å². The van der Waals surface area contributed by atoms with Gasteiger partial charge in [0.25, 0.3) is 6.71 Å². The van der Waals surface area contributed by atoms with Gasteiger partial charge in [0, 0.05) is 39.0 Å². The highest BCUT2D eigenvalue weighted by Gasteiger charge is 2.59. The molecule has 10 aromatic carbocycles. The Bertz CT molecular complexity index is 4330. The lowest BCUT2D eigenvalue weighted by atomic mass is 9.30. The van der Waals surface area contributed by atoms with Crippen LogP contribution in [0.5, 0.6) is 0 Å². The summed E-state index contributed by atoms with van der Waals surface area (Å²) in [7, 11) is -3.57. The zero-order chi connectivity index (χ0) is 52.2. The van der Waals surface area contributed by atoms with Crippen LogP contribution in [-0.2, 0) is 4.57 Å². The molecule has 0 fully saturated rings. The summed E-state index contributed by atoms with van der Waals surface area (Å²) >= 11 is 0. The fourth-order valence-electron chi connectivity index (χ4n) is 15.1. The summed E-state index contributed by atoms with van der Waals surface area (Å²) in [6, 6.07) is 74.6. The molecule has 0 amide bonds. The van der Waals surface area contributed by atoms with Crippen molar-refractivity contribution in [2.75, 3.05) is 24.5 Å². The van der Waals surface area contributed by atoms with Crippen molar-refractivity contribution in [3.63, 3.8) is 0 Å². The van der Waals surface area contributed by atoms with Crippen LogP contribution >= 0.6 is 7.14 Å². The highest BCUT2D eigenvalue weighted by atomic mass is 31.2. The first kappa shape index (κ1) is 44.7. The molecular weight excluding hydrogens is 967 g/mol. The summed E-state index contributed by atoms with van der Waals surface area (Å²) in [6.45, 7) is 13.9. The lowest BCUT2D eigenvalue weighted by Gasteiger charge is -2.56. The van der Waals surface area contributed by atoms with Crippen molar-refractivity contribution >= 4 is 155 Å². The van der Waals surface area contributed by atoms with E-state index < -0.39 is 7.14 Å². The van der Waals surface area contributed by atoms with Crippen LogP contribution in [-0.4, -0.2) is 13.4 Å². The van der Waals surface area contributed by atoms with Gasteiger partial charge in [-0.1, -0.05) is 168 Å². The summed E-state index contributed by atoms with van der Waals surface area (Å²) in [4.78, 5) is 12.7. The maximum atomic E-state index is 17.7. The second-order valence-corrected chi connectivity index (χ2v) is 25.9. The van der Waals surface area contributed by atoms with Crippen LogP contribution in [0.2, 0.25) is 0 Å². The molecule has 7 heterocycles. The van der Waals surface area contributed by atoms with Crippen LogP contribution in [0.1, 0.15) is 76.0 Å². The first-order valence-corrected chi connectivity index (χ1v) is 29.7. The predicted octanol–water partition coefficient (Wildman–Crippen LogP) is 13.3. The van der Waals surface area contributed by atoms with Crippen LogP contribution in [0, 0.1) is 0 Å². The smallest absolute Gasteiger partial charge is 0.252 e. The Labute approximate surface area is 457 Å². The normalized spacial score (nSPS) is 16.6. The molecule has 7 aliphatic rings. The standard InChI is InChI=1S/C69H54B2N5OP/c1-40(2)43-36-45(41(3)4)63(46(37-43)42(5)6)70-47-24-10-12-26-51(47)72(44-22-8-7-9-23-44)59-39-60-50(38-49(59)70)71-48-25-11-13-27-52(48)73-57-32-18-20-34-61(57)78(77)62-35-21-19-33-58(62)75-55-30-16-14-28-53(55)74-54-29-15-17-31-56(54)76(60)65-64(71)66(73)69(78)68(75)67(65)74/h7-42H,1-6H3. The van der Waals surface area contributed by atoms with E-state index in [0.717, 1.165) is 89.8 Å². The molecule has 0 spiro atoms. The van der Waals surface area contributed by atoms with Gasteiger partial charge < -0.3 is 29.1 Å². The summed E-state index contributed by atoms with van der Waals surface area (Å²) < 4.78 is 17.7. The largest absolute Gasteiger partial charge is 0.311 e. The summed E-state index contributed by atoms with van der Waals surface area (Å²) in [6.07, 6.45) is 0. The van der Waals surface area contributed by atoms with Crippen molar-refractivity contribution in [1.29, 1.82) is 0 Å². The van der Waals surface area contributed by atoms with Crippen LogP contribution < -0.4 is 73.2 Å². The molecule has 1 unspecified atom stereocenters. The monoisotopic (exact) mass is 1020 g/mol. The molecule has 0 saturated carbocycles. The molecule has 6 nitrogen and oxygen atoms in total. The number of benzene rings is 10. The lowest BCUT2D eigenvalue weighted by molar-refractivity contribution is 0.592. The second-order valence-electron chi connectivity index (χ2n) is 23.3. The van der Waals surface area contributed by atoms with Gasteiger partial charge in [-0.2, -0.15) is 0 Å². The molecule has 372 valence electrons. The number of fused-ring (bicyclic) bond motifs is 20. The Hall–Kier alpha value is -8.44. The number of hydrogen-bond acceptors (Lipinski definition) is 6. The zero-order valence-corrected chi connectivity index (χ0v) is 45.4. The van der Waals surface area contributed by atoms with E-state index in [4.69, 9.17) is 0 Å². The Balaban J connectivity index is 1.07. The minimum atomic E-state index is -3.57. The first-order chi connectivity index (χ1) is 38.1. The number of anilines is 15. The quantitative estimate of drug-likeness (QED) is 0.126. The Morgan fingerprint density at radius 3 is 1.27 bits per heavy atom. The Morgan fingerprint density at radius 2 is 0.744 bits per heavy atom. The van der Waals surface area contributed by atoms with E-state index in [1.54, 1.807) is 0 Å². The summed E-state index contributed by atoms with van der Waals surface area (Å²) in [5.41, 5.74) is 28.4. The van der Waals surface area contributed by atoms with Gasteiger partial charge in [0.2, 0.25) is 6.71 Å². The Kier molecular flexibility index (Phi) is 8.94. The maximum absolute atomic E-state index is 17.7.